The molecule has 8 heteroatoms. The summed E-state index contributed by atoms with van der Waals surface area (Å²) in [5, 5.41) is 7.69. The van der Waals surface area contributed by atoms with Gasteiger partial charge in [0.25, 0.3) is 0 Å². The number of hydrogen-bond acceptors (Lipinski definition) is 5. The highest BCUT2D eigenvalue weighted by atomic mass is 127. The summed E-state index contributed by atoms with van der Waals surface area (Å²) in [6.07, 6.45) is 3.70. The van der Waals surface area contributed by atoms with Gasteiger partial charge in [-0.15, -0.1) is 35.3 Å². The smallest absolute Gasteiger partial charge is 0.191 e. The third-order valence-electron chi connectivity index (χ3n) is 3.80. The van der Waals surface area contributed by atoms with Crippen LogP contribution in [0.4, 0.5) is 0 Å². The lowest BCUT2D eigenvalue weighted by molar-refractivity contribution is -0.0855. The van der Waals surface area contributed by atoms with E-state index in [1.165, 1.54) is 4.88 Å². The van der Waals surface area contributed by atoms with Gasteiger partial charge in [0.05, 0.1) is 12.1 Å². The molecule has 0 spiro atoms. The molecule has 0 aliphatic carbocycles. The largest absolute Gasteiger partial charge is 0.381 e. The van der Waals surface area contributed by atoms with E-state index >= 15 is 0 Å². The van der Waals surface area contributed by atoms with Crippen molar-refractivity contribution >= 4 is 41.3 Å². The van der Waals surface area contributed by atoms with Gasteiger partial charge in [0.1, 0.15) is 5.01 Å². The third kappa shape index (κ3) is 6.52. The van der Waals surface area contributed by atoms with Crippen LogP contribution in [0.5, 0.6) is 0 Å². The van der Waals surface area contributed by atoms with Gasteiger partial charge < -0.3 is 20.1 Å². The van der Waals surface area contributed by atoms with Gasteiger partial charge in [-0.05, 0) is 13.8 Å². The lowest BCUT2D eigenvalue weighted by Gasteiger charge is -2.36. The van der Waals surface area contributed by atoms with Crippen molar-refractivity contribution in [1.29, 1.82) is 0 Å². The Labute approximate surface area is 159 Å². The SMILES string of the molecule is CCNC(=NCc1ncc(C)s1)NCC1(OC)CCOCC1.I. The maximum absolute atomic E-state index is 5.74. The molecule has 2 N–H and O–H groups in total. The second-order valence-electron chi connectivity index (χ2n) is 5.41. The number of methoxy groups -OCH3 is 1. The number of rotatable bonds is 6. The van der Waals surface area contributed by atoms with Crippen LogP contribution in [-0.4, -0.2) is 50.0 Å². The maximum Gasteiger partial charge on any atom is 0.191 e. The van der Waals surface area contributed by atoms with E-state index in [0.29, 0.717) is 6.54 Å². The van der Waals surface area contributed by atoms with Gasteiger partial charge in [-0.25, -0.2) is 9.98 Å². The van der Waals surface area contributed by atoms with Gasteiger partial charge in [0, 0.05) is 57.3 Å². The van der Waals surface area contributed by atoms with E-state index in [1.54, 1.807) is 18.4 Å². The van der Waals surface area contributed by atoms with Gasteiger partial charge in [0.15, 0.2) is 5.96 Å². The summed E-state index contributed by atoms with van der Waals surface area (Å²) < 4.78 is 11.2. The summed E-state index contributed by atoms with van der Waals surface area (Å²) in [5.41, 5.74) is -0.161. The molecule has 0 radical (unpaired) electrons. The number of ether oxygens (including phenoxy) is 2. The van der Waals surface area contributed by atoms with Gasteiger partial charge in [-0.1, -0.05) is 0 Å². The molecule has 23 heavy (non-hydrogen) atoms. The molecule has 0 bridgehead atoms. The average Bonchev–Trinajstić information content (AvgIpc) is 2.96. The molecule has 1 fully saturated rings. The Bertz CT molecular complexity index is 490. The van der Waals surface area contributed by atoms with Crippen LogP contribution < -0.4 is 10.6 Å². The predicted octanol–water partition coefficient (Wildman–Crippen LogP) is 2.32. The average molecular weight is 454 g/mol. The van der Waals surface area contributed by atoms with Crippen LogP contribution in [0.2, 0.25) is 0 Å². The zero-order valence-corrected chi connectivity index (χ0v) is 17.2. The molecule has 0 amide bonds. The highest BCUT2D eigenvalue weighted by Crippen LogP contribution is 2.23. The van der Waals surface area contributed by atoms with Crippen molar-refractivity contribution < 1.29 is 9.47 Å². The minimum Gasteiger partial charge on any atom is -0.381 e. The van der Waals surface area contributed by atoms with Gasteiger partial charge in [-0.3, -0.25) is 0 Å². The number of aliphatic imine (C=N–C) groups is 1. The summed E-state index contributed by atoms with van der Waals surface area (Å²) in [6.45, 7) is 7.77. The molecule has 2 heterocycles. The Morgan fingerprint density at radius 3 is 2.74 bits per heavy atom. The fourth-order valence-electron chi connectivity index (χ4n) is 2.40. The van der Waals surface area contributed by atoms with E-state index in [4.69, 9.17) is 9.47 Å². The van der Waals surface area contributed by atoms with Crippen LogP contribution in [0.25, 0.3) is 0 Å². The highest BCUT2D eigenvalue weighted by molar-refractivity contribution is 14.0. The number of aryl methyl sites for hydroxylation is 1. The number of guanidine groups is 1. The summed E-state index contributed by atoms with van der Waals surface area (Å²) in [5.74, 6) is 0.804. The van der Waals surface area contributed by atoms with Crippen LogP contribution in [0, 0.1) is 6.92 Å². The van der Waals surface area contributed by atoms with Crippen LogP contribution >= 0.6 is 35.3 Å². The summed E-state index contributed by atoms with van der Waals surface area (Å²) in [6, 6.07) is 0. The standard InChI is InChI=1S/C15H26N4O2S.HI/c1-4-16-14(18-10-13-17-9-12(2)22-13)19-11-15(20-3)5-7-21-8-6-15;/h9H,4-8,10-11H2,1-3H3,(H2,16,18,19);1H. The molecule has 1 aliphatic rings. The van der Waals surface area contributed by atoms with Crippen molar-refractivity contribution in [3.8, 4) is 0 Å². The van der Waals surface area contributed by atoms with E-state index < -0.39 is 0 Å². The minimum atomic E-state index is -0.161. The normalized spacial score (nSPS) is 17.4. The maximum atomic E-state index is 5.74. The van der Waals surface area contributed by atoms with E-state index in [1.807, 2.05) is 6.20 Å². The Morgan fingerprint density at radius 2 is 2.17 bits per heavy atom. The molecule has 0 unspecified atom stereocenters. The Kier molecular flexibility index (Phi) is 9.33. The van der Waals surface area contributed by atoms with Gasteiger partial charge >= 0.3 is 0 Å². The molecule has 1 saturated heterocycles. The van der Waals surface area contributed by atoms with Gasteiger partial charge in [0.2, 0.25) is 0 Å². The Balaban J connectivity index is 0.00000264. The molecule has 6 nitrogen and oxygen atoms in total. The summed E-state index contributed by atoms with van der Waals surface area (Å²) >= 11 is 1.68. The van der Waals surface area contributed by atoms with E-state index in [9.17, 15) is 0 Å². The summed E-state index contributed by atoms with van der Waals surface area (Å²) in [7, 11) is 1.77. The molecular formula is C15H27IN4O2S. The fraction of sp³-hybridized carbons (Fsp3) is 0.733. The first-order valence-corrected chi connectivity index (χ1v) is 8.55. The number of thiazole rings is 1. The van der Waals surface area contributed by atoms with Crippen molar-refractivity contribution in [2.75, 3.05) is 33.4 Å². The van der Waals surface area contributed by atoms with Crippen molar-refractivity contribution in [1.82, 2.24) is 15.6 Å². The zero-order chi connectivity index (χ0) is 15.8. The van der Waals surface area contributed by atoms with E-state index in [0.717, 1.165) is 50.1 Å². The van der Waals surface area contributed by atoms with Crippen LogP contribution in [0.1, 0.15) is 29.7 Å². The Morgan fingerprint density at radius 1 is 1.43 bits per heavy atom. The quantitative estimate of drug-likeness (QED) is 0.393. The second-order valence-corrected chi connectivity index (χ2v) is 6.73. The number of hydrogen-bond donors (Lipinski definition) is 2. The molecule has 2 rings (SSSR count). The number of aromatic nitrogens is 1. The van der Waals surface area contributed by atoms with Crippen molar-refractivity contribution in [2.24, 2.45) is 4.99 Å². The van der Waals surface area contributed by atoms with Crippen LogP contribution in [-0.2, 0) is 16.0 Å². The number of halogens is 1. The van der Waals surface area contributed by atoms with Crippen LogP contribution in [0.15, 0.2) is 11.2 Å². The van der Waals surface area contributed by atoms with Crippen molar-refractivity contribution in [3.63, 3.8) is 0 Å². The zero-order valence-electron chi connectivity index (χ0n) is 14.1. The predicted molar refractivity (Wildman–Crippen MR) is 105 cm³/mol. The molecule has 132 valence electrons. The Hall–Kier alpha value is -0.450. The number of nitrogens with zero attached hydrogens (tertiary/aromatic N) is 2. The summed E-state index contributed by atoms with van der Waals surface area (Å²) in [4.78, 5) is 10.2. The molecule has 0 aromatic carbocycles. The van der Waals surface area contributed by atoms with Crippen molar-refractivity contribution in [2.45, 2.75) is 38.8 Å². The number of nitrogens with one attached hydrogen (secondary N) is 2. The monoisotopic (exact) mass is 454 g/mol. The fourth-order valence-corrected chi connectivity index (χ4v) is 3.12. The minimum absolute atomic E-state index is 0. The lowest BCUT2D eigenvalue weighted by atomic mass is 9.94. The molecule has 0 saturated carbocycles. The molecule has 1 aromatic rings. The third-order valence-corrected chi connectivity index (χ3v) is 4.70. The first kappa shape index (κ1) is 20.6. The van der Waals surface area contributed by atoms with Crippen LogP contribution in [0.3, 0.4) is 0 Å². The molecule has 1 aromatic heterocycles. The molecule has 0 atom stereocenters. The first-order valence-electron chi connectivity index (χ1n) is 7.74. The molecular weight excluding hydrogens is 427 g/mol. The van der Waals surface area contributed by atoms with E-state index in [-0.39, 0.29) is 29.6 Å². The second kappa shape index (κ2) is 10.4. The van der Waals surface area contributed by atoms with Crippen molar-refractivity contribution in [3.05, 3.63) is 16.1 Å². The first-order chi connectivity index (χ1) is 10.7. The van der Waals surface area contributed by atoms with Gasteiger partial charge in [-0.2, -0.15) is 0 Å². The topological polar surface area (TPSA) is 67.8 Å². The highest BCUT2D eigenvalue weighted by Gasteiger charge is 2.32. The molecule has 1 aliphatic heterocycles. The van der Waals surface area contributed by atoms with E-state index in [2.05, 4.69) is 34.5 Å². The lowest BCUT2D eigenvalue weighted by Crippen LogP contribution is -2.50.